The molecular formula is C17H20N2O2S. The number of carbonyl (C=O) groups excluding carboxylic acids is 2. The van der Waals surface area contributed by atoms with Crippen molar-refractivity contribution in [2.45, 2.75) is 32.6 Å². The summed E-state index contributed by atoms with van der Waals surface area (Å²) in [5.74, 6) is -1.06. The third-order valence-corrected chi connectivity index (χ3v) is 4.20. The number of nitrogens with one attached hydrogen (secondary N) is 1. The van der Waals surface area contributed by atoms with Crippen molar-refractivity contribution in [2.75, 3.05) is 6.54 Å². The van der Waals surface area contributed by atoms with Crippen molar-refractivity contribution in [1.29, 1.82) is 0 Å². The molecule has 1 aromatic carbocycles. The summed E-state index contributed by atoms with van der Waals surface area (Å²) in [7, 11) is 0. The number of rotatable bonds is 5. The lowest BCUT2D eigenvalue weighted by molar-refractivity contribution is -0.116. The van der Waals surface area contributed by atoms with Gasteiger partial charge in [0.1, 0.15) is 0 Å². The predicted octanol–water partition coefficient (Wildman–Crippen LogP) is 2.98. The molecular weight excluding hydrogens is 296 g/mol. The lowest BCUT2D eigenvalue weighted by Crippen LogP contribution is -2.32. The van der Waals surface area contributed by atoms with Gasteiger partial charge < -0.3 is 5.32 Å². The third kappa shape index (κ3) is 4.24. The Morgan fingerprint density at radius 1 is 1.18 bits per heavy atom. The van der Waals surface area contributed by atoms with Gasteiger partial charge >= 0.3 is 0 Å². The Kier molecular flexibility index (Phi) is 5.08. The first-order chi connectivity index (χ1) is 10.4. The maximum absolute atomic E-state index is 12.1. The molecule has 1 heterocycles. The Morgan fingerprint density at radius 3 is 2.41 bits per heavy atom. The van der Waals surface area contributed by atoms with Gasteiger partial charge in [0.25, 0.3) is 5.91 Å². The standard InChI is InChI=1S/C17H20N2O2S/c1-17(2,3)13-6-4-12(5-7-13)15(20)16(21)19-9-8-14-10-18-11-22-14/h4-7,10-11H,8-9H2,1-3H3,(H,19,21). The van der Waals surface area contributed by atoms with Crippen LogP contribution in [-0.2, 0) is 16.6 Å². The molecule has 0 saturated carbocycles. The van der Waals surface area contributed by atoms with Gasteiger partial charge in [-0.05, 0) is 11.0 Å². The monoisotopic (exact) mass is 316 g/mol. The predicted molar refractivity (Wildman–Crippen MR) is 88.3 cm³/mol. The highest BCUT2D eigenvalue weighted by Gasteiger charge is 2.18. The number of ketones is 1. The van der Waals surface area contributed by atoms with Crippen molar-refractivity contribution in [3.63, 3.8) is 0 Å². The number of amides is 1. The highest BCUT2D eigenvalue weighted by molar-refractivity contribution is 7.09. The average molecular weight is 316 g/mol. The van der Waals surface area contributed by atoms with E-state index in [1.807, 2.05) is 12.1 Å². The van der Waals surface area contributed by atoms with Crippen LogP contribution in [0, 0.1) is 0 Å². The largest absolute Gasteiger partial charge is 0.349 e. The lowest BCUT2D eigenvalue weighted by atomic mass is 9.86. The van der Waals surface area contributed by atoms with Crippen LogP contribution in [0.1, 0.15) is 41.6 Å². The van der Waals surface area contributed by atoms with E-state index in [0.717, 1.165) is 10.4 Å². The zero-order valence-electron chi connectivity index (χ0n) is 13.1. The van der Waals surface area contributed by atoms with Gasteiger partial charge in [-0.3, -0.25) is 14.6 Å². The molecule has 0 spiro atoms. The molecule has 0 aliphatic rings. The Labute approximate surface area is 134 Å². The lowest BCUT2D eigenvalue weighted by Gasteiger charge is -2.18. The normalized spacial score (nSPS) is 11.2. The van der Waals surface area contributed by atoms with Gasteiger partial charge in [-0.1, -0.05) is 45.0 Å². The minimum Gasteiger partial charge on any atom is -0.349 e. The Morgan fingerprint density at radius 2 is 1.86 bits per heavy atom. The second-order valence-corrected chi connectivity index (χ2v) is 7.10. The Bertz CT molecular complexity index is 640. The molecule has 2 rings (SSSR count). The van der Waals surface area contributed by atoms with Gasteiger partial charge in [0, 0.05) is 29.6 Å². The van der Waals surface area contributed by atoms with Crippen molar-refractivity contribution in [1.82, 2.24) is 10.3 Å². The van der Waals surface area contributed by atoms with E-state index in [-0.39, 0.29) is 5.41 Å². The van der Waals surface area contributed by atoms with E-state index in [0.29, 0.717) is 18.5 Å². The third-order valence-electron chi connectivity index (χ3n) is 3.36. The quantitative estimate of drug-likeness (QED) is 0.681. The van der Waals surface area contributed by atoms with Gasteiger partial charge in [0.2, 0.25) is 5.78 Å². The molecule has 0 aliphatic carbocycles. The zero-order chi connectivity index (χ0) is 16.2. The first kappa shape index (κ1) is 16.4. The fraction of sp³-hybridized carbons (Fsp3) is 0.353. The van der Waals surface area contributed by atoms with E-state index in [1.54, 1.807) is 23.8 Å². The van der Waals surface area contributed by atoms with Crippen LogP contribution in [0.5, 0.6) is 0 Å². The molecule has 116 valence electrons. The van der Waals surface area contributed by atoms with Gasteiger partial charge in [-0.2, -0.15) is 0 Å². The fourth-order valence-electron chi connectivity index (χ4n) is 2.00. The fourth-order valence-corrected chi connectivity index (χ4v) is 2.60. The van der Waals surface area contributed by atoms with E-state index in [4.69, 9.17) is 0 Å². The van der Waals surface area contributed by atoms with Crippen LogP contribution in [0.2, 0.25) is 0 Å². The van der Waals surface area contributed by atoms with E-state index in [2.05, 4.69) is 31.1 Å². The van der Waals surface area contributed by atoms with Gasteiger partial charge in [-0.15, -0.1) is 11.3 Å². The first-order valence-corrected chi connectivity index (χ1v) is 8.06. The number of nitrogens with zero attached hydrogens (tertiary/aromatic N) is 1. The summed E-state index contributed by atoms with van der Waals surface area (Å²) < 4.78 is 0. The van der Waals surface area contributed by atoms with Crippen LogP contribution >= 0.6 is 11.3 Å². The first-order valence-electron chi connectivity index (χ1n) is 7.18. The molecule has 1 aromatic heterocycles. The molecule has 0 unspecified atom stereocenters. The minimum absolute atomic E-state index is 0.0264. The summed E-state index contributed by atoms with van der Waals surface area (Å²) in [6.45, 7) is 6.76. The van der Waals surface area contributed by atoms with Crippen LogP contribution in [0.3, 0.4) is 0 Å². The Hall–Kier alpha value is -2.01. The van der Waals surface area contributed by atoms with Crippen molar-refractivity contribution in [3.05, 3.63) is 52.0 Å². The van der Waals surface area contributed by atoms with Gasteiger partial charge in [-0.25, -0.2) is 0 Å². The molecule has 0 atom stereocenters. The van der Waals surface area contributed by atoms with Crippen molar-refractivity contribution < 1.29 is 9.59 Å². The second kappa shape index (κ2) is 6.83. The number of carbonyl (C=O) groups is 2. The molecule has 1 N–H and O–H groups in total. The molecule has 0 bridgehead atoms. The minimum atomic E-state index is -0.562. The number of hydrogen-bond acceptors (Lipinski definition) is 4. The summed E-state index contributed by atoms with van der Waals surface area (Å²) in [5.41, 5.74) is 3.33. The number of aromatic nitrogens is 1. The number of benzene rings is 1. The molecule has 0 saturated heterocycles. The molecule has 1 amide bonds. The molecule has 0 fully saturated rings. The maximum Gasteiger partial charge on any atom is 0.292 e. The smallest absolute Gasteiger partial charge is 0.292 e. The highest BCUT2D eigenvalue weighted by Crippen LogP contribution is 2.22. The maximum atomic E-state index is 12.1. The second-order valence-electron chi connectivity index (χ2n) is 6.13. The number of thiazole rings is 1. The number of hydrogen-bond donors (Lipinski definition) is 1. The van der Waals surface area contributed by atoms with Crippen LogP contribution in [0.15, 0.2) is 36.0 Å². The van der Waals surface area contributed by atoms with Crippen molar-refractivity contribution in [3.8, 4) is 0 Å². The number of Topliss-reactive ketones (excluding diaryl/α,β-unsaturated/α-hetero) is 1. The van der Waals surface area contributed by atoms with Crippen LogP contribution in [0.4, 0.5) is 0 Å². The molecule has 4 nitrogen and oxygen atoms in total. The van der Waals surface area contributed by atoms with E-state index < -0.39 is 11.7 Å². The Balaban J connectivity index is 1.91. The van der Waals surface area contributed by atoms with Crippen LogP contribution in [0.25, 0.3) is 0 Å². The van der Waals surface area contributed by atoms with Gasteiger partial charge in [0.15, 0.2) is 0 Å². The molecule has 5 heteroatoms. The van der Waals surface area contributed by atoms with Crippen molar-refractivity contribution in [2.24, 2.45) is 0 Å². The van der Waals surface area contributed by atoms with E-state index in [9.17, 15) is 9.59 Å². The van der Waals surface area contributed by atoms with E-state index >= 15 is 0 Å². The summed E-state index contributed by atoms with van der Waals surface area (Å²) >= 11 is 1.54. The van der Waals surface area contributed by atoms with Crippen LogP contribution < -0.4 is 5.32 Å². The van der Waals surface area contributed by atoms with Crippen molar-refractivity contribution >= 4 is 23.0 Å². The topological polar surface area (TPSA) is 59.1 Å². The summed E-state index contributed by atoms with van der Waals surface area (Å²) in [4.78, 5) is 29.0. The molecule has 2 aromatic rings. The molecule has 0 aliphatic heterocycles. The summed E-state index contributed by atoms with van der Waals surface area (Å²) in [6.07, 6.45) is 2.45. The molecule has 22 heavy (non-hydrogen) atoms. The average Bonchev–Trinajstić information content (AvgIpc) is 2.99. The SMILES string of the molecule is CC(C)(C)c1ccc(C(=O)C(=O)NCCc2cncs2)cc1. The zero-order valence-corrected chi connectivity index (χ0v) is 13.9. The highest BCUT2D eigenvalue weighted by atomic mass is 32.1. The van der Waals surface area contributed by atoms with Crippen LogP contribution in [-0.4, -0.2) is 23.2 Å². The van der Waals surface area contributed by atoms with Gasteiger partial charge in [0.05, 0.1) is 5.51 Å². The summed E-state index contributed by atoms with van der Waals surface area (Å²) in [6, 6.07) is 7.23. The molecule has 0 radical (unpaired) electrons. The van der Waals surface area contributed by atoms with E-state index in [1.165, 1.54) is 11.3 Å². The summed E-state index contributed by atoms with van der Waals surface area (Å²) in [5, 5.41) is 2.65.